The first-order chi connectivity index (χ1) is 13.9. The van der Waals surface area contributed by atoms with Gasteiger partial charge in [-0.15, -0.1) is 0 Å². The number of hydrogen-bond donors (Lipinski definition) is 0. The van der Waals surface area contributed by atoms with Gasteiger partial charge < -0.3 is 14.5 Å². The monoisotopic (exact) mass is 401 g/mol. The van der Waals surface area contributed by atoms with Crippen molar-refractivity contribution in [3.8, 4) is 0 Å². The molecular weight excluding hydrogens is 366 g/mol. The predicted molar refractivity (Wildman–Crippen MR) is 113 cm³/mol. The standard InChI is InChI=1S/C23H35N3O3/c1-5-24(4)21(19-9-7-6-8-10-19)23(28)25-13-11-20(12-14-25)22(27)26-15-17(2)29-18(3)16-26/h6-10,17-18,20-21H,5,11-16H2,1-4H3. The van der Waals surface area contributed by atoms with E-state index in [1.165, 1.54) is 0 Å². The number of nitrogens with zero attached hydrogens (tertiary/aromatic N) is 3. The molecule has 2 heterocycles. The first-order valence-electron chi connectivity index (χ1n) is 10.9. The van der Waals surface area contributed by atoms with Crippen molar-refractivity contribution in [2.75, 3.05) is 39.8 Å². The molecule has 1 aromatic rings. The van der Waals surface area contributed by atoms with Crippen LogP contribution in [0.25, 0.3) is 0 Å². The number of carbonyl (C=O) groups is 2. The first kappa shape index (κ1) is 21.8. The largest absolute Gasteiger partial charge is 0.372 e. The molecule has 2 aliphatic rings. The number of morpholine rings is 1. The summed E-state index contributed by atoms with van der Waals surface area (Å²) in [6, 6.07) is 9.70. The molecular formula is C23H35N3O3. The van der Waals surface area contributed by atoms with E-state index in [2.05, 4.69) is 11.8 Å². The fraction of sp³-hybridized carbons (Fsp3) is 0.652. The van der Waals surface area contributed by atoms with Gasteiger partial charge in [-0.05, 0) is 45.8 Å². The summed E-state index contributed by atoms with van der Waals surface area (Å²) in [4.78, 5) is 32.3. The summed E-state index contributed by atoms with van der Waals surface area (Å²) in [5.41, 5.74) is 1.02. The summed E-state index contributed by atoms with van der Waals surface area (Å²) >= 11 is 0. The van der Waals surface area contributed by atoms with E-state index in [9.17, 15) is 9.59 Å². The van der Waals surface area contributed by atoms with E-state index in [0.717, 1.165) is 24.9 Å². The van der Waals surface area contributed by atoms with Crippen LogP contribution >= 0.6 is 0 Å². The van der Waals surface area contributed by atoms with Gasteiger partial charge in [-0.25, -0.2) is 0 Å². The van der Waals surface area contributed by atoms with Gasteiger partial charge in [0.05, 0.1) is 12.2 Å². The molecule has 1 aromatic carbocycles. The summed E-state index contributed by atoms with van der Waals surface area (Å²) < 4.78 is 5.75. The molecule has 6 nitrogen and oxygen atoms in total. The minimum atomic E-state index is -0.269. The molecule has 0 aromatic heterocycles. The molecule has 3 rings (SSSR count). The third-order valence-electron chi connectivity index (χ3n) is 6.18. The van der Waals surface area contributed by atoms with E-state index in [0.29, 0.717) is 26.2 Å². The van der Waals surface area contributed by atoms with Gasteiger partial charge in [0, 0.05) is 32.1 Å². The lowest BCUT2D eigenvalue weighted by molar-refractivity contribution is -0.151. The van der Waals surface area contributed by atoms with Crippen molar-refractivity contribution in [1.82, 2.24) is 14.7 Å². The van der Waals surface area contributed by atoms with Crippen LogP contribution in [0.15, 0.2) is 30.3 Å². The van der Waals surface area contributed by atoms with Gasteiger partial charge in [-0.2, -0.15) is 0 Å². The number of amides is 2. The second-order valence-corrected chi connectivity index (χ2v) is 8.49. The van der Waals surface area contributed by atoms with Crippen molar-refractivity contribution in [3.63, 3.8) is 0 Å². The Balaban J connectivity index is 1.61. The Morgan fingerprint density at radius 2 is 1.66 bits per heavy atom. The van der Waals surface area contributed by atoms with Gasteiger partial charge in [0.1, 0.15) is 6.04 Å². The van der Waals surface area contributed by atoms with Gasteiger partial charge >= 0.3 is 0 Å². The molecule has 2 aliphatic heterocycles. The van der Waals surface area contributed by atoms with E-state index in [4.69, 9.17) is 4.74 Å². The topological polar surface area (TPSA) is 53.1 Å². The molecule has 3 unspecified atom stereocenters. The van der Waals surface area contributed by atoms with E-state index >= 15 is 0 Å². The normalized spacial score (nSPS) is 24.6. The maximum Gasteiger partial charge on any atom is 0.244 e. The lowest BCUT2D eigenvalue weighted by atomic mass is 9.93. The van der Waals surface area contributed by atoms with Gasteiger partial charge in [0.2, 0.25) is 11.8 Å². The lowest BCUT2D eigenvalue weighted by Crippen LogP contribution is -2.52. The van der Waals surface area contributed by atoms with E-state index < -0.39 is 0 Å². The summed E-state index contributed by atoms with van der Waals surface area (Å²) in [7, 11) is 1.99. The number of hydrogen-bond acceptors (Lipinski definition) is 4. The Morgan fingerprint density at radius 3 is 2.21 bits per heavy atom. The van der Waals surface area contributed by atoms with Crippen molar-refractivity contribution >= 4 is 11.8 Å². The van der Waals surface area contributed by atoms with Gasteiger partial charge in [-0.3, -0.25) is 14.5 Å². The van der Waals surface area contributed by atoms with Crippen molar-refractivity contribution in [2.24, 2.45) is 5.92 Å². The SMILES string of the molecule is CCN(C)C(C(=O)N1CCC(C(=O)N2CC(C)OC(C)C2)CC1)c1ccccc1. The van der Waals surface area contributed by atoms with Gasteiger partial charge in [-0.1, -0.05) is 37.3 Å². The van der Waals surface area contributed by atoms with Crippen molar-refractivity contribution in [3.05, 3.63) is 35.9 Å². The molecule has 2 amide bonds. The lowest BCUT2D eigenvalue weighted by Gasteiger charge is -2.40. The molecule has 3 atom stereocenters. The van der Waals surface area contributed by atoms with Gasteiger partial charge in [0.15, 0.2) is 0 Å². The molecule has 0 bridgehead atoms. The molecule has 2 fully saturated rings. The molecule has 160 valence electrons. The van der Waals surface area contributed by atoms with Crippen LogP contribution < -0.4 is 0 Å². The number of carbonyl (C=O) groups excluding carboxylic acids is 2. The number of piperidine rings is 1. The molecule has 0 N–H and O–H groups in total. The van der Waals surface area contributed by atoms with Crippen molar-refractivity contribution < 1.29 is 14.3 Å². The smallest absolute Gasteiger partial charge is 0.244 e. The zero-order valence-corrected chi connectivity index (χ0v) is 18.2. The average Bonchev–Trinajstić information content (AvgIpc) is 2.73. The predicted octanol–water partition coefficient (Wildman–Crippen LogP) is 2.55. The molecule has 0 aliphatic carbocycles. The number of benzene rings is 1. The maximum atomic E-state index is 13.3. The van der Waals surface area contributed by atoms with Crippen LogP contribution in [0.1, 0.15) is 45.2 Å². The number of rotatable bonds is 5. The second-order valence-electron chi connectivity index (χ2n) is 8.49. The maximum absolute atomic E-state index is 13.3. The van der Waals surface area contributed by atoms with E-state index in [1.807, 2.05) is 61.0 Å². The Morgan fingerprint density at radius 1 is 1.07 bits per heavy atom. The van der Waals surface area contributed by atoms with Crippen LogP contribution in [0.3, 0.4) is 0 Å². The number of likely N-dealkylation sites (tertiary alicyclic amines) is 1. The summed E-state index contributed by atoms with van der Waals surface area (Å²) in [5, 5.41) is 0. The van der Waals surface area contributed by atoms with Crippen LogP contribution in [0.4, 0.5) is 0 Å². The minimum Gasteiger partial charge on any atom is -0.372 e. The van der Waals surface area contributed by atoms with Crippen LogP contribution in [-0.4, -0.2) is 78.5 Å². The minimum absolute atomic E-state index is 0.00984. The summed E-state index contributed by atoms with van der Waals surface area (Å²) in [5.74, 6) is 0.375. The van der Waals surface area contributed by atoms with E-state index in [-0.39, 0.29) is 36.0 Å². The molecule has 0 radical (unpaired) electrons. The molecule has 29 heavy (non-hydrogen) atoms. The molecule has 0 spiro atoms. The quantitative estimate of drug-likeness (QED) is 0.761. The fourth-order valence-electron chi connectivity index (χ4n) is 4.54. The highest BCUT2D eigenvalue weighted by molar-refractivity contribution is 5.84. The van der Waals surface area contributed by atoms with Crippen LogP contribution in [0, 0.1) is 5.92 Å². The van der Waals surface area contributed by atoms with Crippen LogP contribution in [-0.2, 0) is 14.3 Å². The molecule has 0 saturated carbocycles. The highest BCUT2D eigenvalue weighted by Gasteiger charge is 2.36. The summed E-state index contributed by atoms with van der Waals surface area (Å²) in [6.07, 6.45) is 1.64. The third kappa shape index (κ3) is 5.17. The Labute approximate surface area is 174 Å². The Hall–Kier alpha value is -1.92. The first-order valence-corrected chi connectivity index (χ1v) is 10.9. The zero-order chi connectivity index (χ0) is 21.0. The van der Waals surface area contributed by atoms with Crippen LogP contribution in [0.5, 0.6) is 0 Å². The average molecular weight is 402 g/mol. The highest BCUT2D eigenvalue weighted by atomic mass is 16.5. The number of ether oxygens (including phenoxy) is 1. The van der Waals surface area contributed by atoms with E-state index in [1.54, 1.807) is 0 Å². The zero-order valence-electron chi connectivity index (χ0n) is 18.2. The van der Waals surface area contributed by atoms with Gasteiger partial charge in [0.25, 0.3) is 0 Å². The summed E-state index contributed by atoms with van der Waals surface area (Å²) in [6.45, 7) is 9.53. The van der Waals surface area contributed by atoms with Crippen molar-refractivity contribution in [1.29, 1.82) is 0 Å². The highest BCUT2D eigenvalue weighted by Crippen LogP contribution is 2.27. The number of likely N-dealkylation sites (N-methyl/N-ethyl adjacent to an activating group) is 1. The Bertz CT molecular complexity index is 678. The second kappa shape index (κ2) is 9.72. The molecule has 6 heteroatoms. The Kier molecular flexibility index (Phi) is 7.30. The third-order valence-corrected chi connectivity index (χ3v) is 6.18. The van der Waals surface area contributed by atoms with Crippen LogP contribution in [0.2, 0.25) is 0 Å². The fourth-order valence-corrected chi connectivity index (χ4v) is 4.54. The molecule has 2 saturated heterocycles. The van der Waals surface area contributed by atoms with Crippen molar-refractivity contribution in [2.45, 2.75) is 51.9 Å².